The number of ketones is 1. The van der Waals surface area contributed by atoms with E-state index in [4.69, 9.17) is 4.74 Å². The van der Waals surface area contributed by atoms with Crippen molar-refractivity contribution in [1.29, 1.82) is 0 Å². The molecule has 0 saturated carbocycles. The van der Waals surface area contributed by atoms with Gasteiger partial charge < -0.3 is 14.5 Å². The van der Waals surface area contributed by atoms with Crippen molar-refractivity contribution in [3.63, 3.8) is 0 Å². The Bertz CT molecular complexity index is 728. The summed E-state index contributed by atoms with van der Waals surface area (Å²) in [6.45, 7) is 7.81. The Morgan fingerprint density at radius 3 is 2.07 bits per heavy atom. The van der Waals surface area contributed by atoms with Crippen molar-refractivity contribution < 1.29 is 27.5 Å². The van der Waals surface area contributed by atoms with Crippen molar-refractivity contribution in [2.75, 3.05) is 26.2 Å². The number of hydrogen-bond donors (Lipinski definition) is 0. The van der Waals surface area contributed by atoms with Crippen LogP contribution in [0.15, 0.2) is 24.0 Å². The van der Waals surface area contributed by atoms with Gasteiger partial charge in [0, 0.05) is 44.1 Å². The lowest BCUT2D eigenvalue weighted by Gasteiger charge is -2.38. The number of amides is 1. The van der Waals surface area contributed by atoms with Gasteiger partial charge in [-0.1, -0.05) is 6.92 Å². The number of aromatic nitrogens is 2. The number of carbonyl (C=O) groups excluding carboxylic acids is 2. The van der Waals surface area contributed by atoms with Gasteiger partial charge in [0.25, 0.3) is 5.78 Å². The summed E-state index contributed by atoms with van der Waals surface area (Å²) in [4.78, 5) is 27.3. The fraction of sp³-hybridized carbons (Fsp3) is 0.611. The first-order valence-electron chi connectivity index (χ1n) is 9.01. The first kappa shape index (κ1) is 21.8. The van der Waals surface area contributed by atoms with Crippen molar-refractivity contribution in [3.05, 3.63) is 24.0 Å². The molecule has 0 N–H and O–H groups in total. The Kier molecular flexibility index (Phi) is 6.41. The highest BCUT2D eigenvalue weighted by Crippen LogP contribution is 2.28. The smallest absolute Gasteiger partial charge is 0.444 e. The molecule has 1 amide bonds. The first-order chi connectivity index (χ1) is 12.9. The van der Waals surface area contributed by atoms with Crippen LogP contribution in [0.1, 0.15) is 34.1 Å². The Morgan fingerprint density at radius 1 is 1.07 bits per heavy atom. The number of piperazine rings is 1. The van der Waals surface area contributed by atoms with Gasteiger partial charge in [0.2, 0.25) is 0 Å². The van der Waals surface area contributed by atoms with Gasteiger partial charge in [-0.25, -0.2) is 9.48 Å². The predicted molar refractivity (Wildman–Crippen MR) is 96.2 cm³/mol. The van der Waals surface area contributed by atoms with E-state index in [1.807, 2.05) is 0 Å². The maximum absolute atomic E-state index is 13.1. The van der Waals surface area contributed by atoms with Gasteiger partial charge >= 0.3 is 12.3 Å². The summed E-state index contributed by atoms with van der Waals surface area (Å²) in [6.07, 6.45) is -2.61. The molecular formula is C18H25F3N4O3. The van der Waals surface area contributed by atoms with E-state index in [2.05, 4.69) is 5.10 Å². The molecular weight excluding hydrogens is 377 g/mol. The molecule has 0 aliphatic carbocycles. The molecule has 0 spiro atoms. The molecule has 10 heteroatoms. The Morgan fingerprint density at radius 2 is 1.64 bits per heavy atom. The fourth-order valence-electron chi connectivity index (χ4n) is 2.89. The summed E-state index contributed by atoms with van der Waals surface area (Å²) in [5.41, 5.74) is -0.995. The lowest BCUT2D eigenvalue weighted by atomic mass is 10.1. The van der Waals surface area contributed by atoms with Crippen LogP contribution in [0.2, 0.25) is 0 Å². The first-order valence-corrected chi connectivity index (χ1v) is 9.01. The number of alkyl halides is 3. The number of ether oxygens (including phenoxy) is 1. The molecule has 1 aliphatic rings. The molecule has 1 saturated heterocycles. The number of allylic oxidation sites excluding steroid dienone is 1. The lowest BCUT2D eigenvalue weighted by molar-refractivity contribution is -0.166. The minimum atomic E-state index is -4.97. The van der Waals surface area contributed by atoms with Crippen molar-refractivity contribution >= 4 is 17.7 Å². The van der Waals surface area contributed by atoms with Gasteiger partial charge in [-0.15, -0.1) is 0 Å². The minimum Gasteiger partial charge on any atom is -0.444 e. The largest absolute Gasteiger partial charge is 0.454 e. The number of rotatable bonds is 4. The second kappa shape index (κ2) is 8.24. The van der Waals surface area contributed by atoms with Gasteiger partial charge in [0.05, 0.1) is 0 Å². The maximum Gasteiger partial charge on any atom is 0.454 e. The van der Waals surface area contributed by atoms with E-state index in [9.17, 15) is 22.8 Å². The Hall–Kier alpha value is -2.52. The summed E-state index contributed by atoms with van der Waals surface area (Å²) in [7, 11) is 0. The predicted octanol–water partition coefficient (Wildman–Crippen LogP) is 3.15. The van der Waals surface area contributed by atoms with Crippen LogP contribution in [0.5, 0.6) is 0 Å². The molecule has 7 nitrogen and oxygen atoms in total. The zero-order valence-electron chi connectivity index (χ0n) is 16.4. The van der Waals surface area contributed by atoms with Gasteiger partial charge in [-0.3, -0.25) is 4.79 Å². The minimum absolute atomic E-state index is 0.0960. The van der Waals surface area contributed by atoms with Gasteiger partial charge in [-0.2, -0.15) is 18.3 Å². The van der Waals surface area contributed by atoms with Gasteiger partial charge in [0.1, 0.15) is 11.4 Å². The normalized spacial score (nSPS) is 16.7. The Labute approximate surface area is 161 Å². The molecule has 0 unspecified atom stereocenters. The summed E-state index contributed by atoms with van der Waals surface area (Å²) in [6, 6.07) is 1.57. The van der Waals surface area contributed by atoms with E-state index in [1.165, 1.54) is 28.9 Å². The SMILES string of the molecule is CC/C(C(=O)C(F)(F)F)=C(/N1CCN(C(=O)OC(C)(C)C)CC1)n1cccn1. The summed E-state index contributed by atoms with van der Waals surface area (Å²) in [5, 5.41) is 4.02. The molecule has 0 aromatic carbocycles. The third-order valence-corrected chi connectivity index (χ3v) is 4.11. The van der Waals surface area contributed by atoms with Crippen LogP contribution in [-0.2, 0) is 9.53 Å². The second-order valence-electron chi connectivity index (χ2n) is 7.39. The average Bonchev–Trinajstić information content (AvgIpc) is 3.11. The van der Waals surface area contributed by atoms with Crippen molar-refractivity contribution in [2.24, 2.45) is 0 Å². The highest BCUT2D eigenvalue weighted by Gasteiger charge is 2.42. The fourth-order valence-corrected chi connectivity index (χ4v) is 2.89. The lowest BCUT2D eigenvalue weighted by Crippen LogP contribution is -2.50. The molecule has 0 bridgehead atoms. The molecule has 1 aromatic rings. The molecule has 0 radical (unpaired) electrons. The molecule has 28 heavy (non-hydrogen) atoms. The zero-order chi connectivity index (χ0) is 21.1. The standard InChI is InChI=1S/C18H25F3N4O3/c1-5-13(14(26)18(19,20)21)15(25-8-6-7-22-25)23-9-11-24(12-10-23)16(27)28-17(2,3)4/h6-8H,5,9-12H2,1-4H3/b15-13+. The van der Waals surface area contributed by atoms with Crippen LogP contribution in [0.4, 0.5) is 18.0 Å². The number of halogens is 3. The highest BCUT2D eigenvalue weighted by molar-refractivity contribution is 6.03. The van der Waals surface area contributed by atoms with Crippen LogP contribution in [0.25, 0.3) is 5.82 Å². The van der Waals surface area contributed by atoms with Gasteiger partial charge in [-0.05, 0) is 33.3 Å². The number of hydrogen-bond acceptors (Lipinski definition) is 5. The van der Waals surface area contributed by atoms with Crippen LogP contribution >= 0.6 is 0 Å². The molecule has 1 aliphatic heterocycles. The number of carbonyl (C=O) groups is 2. The maximum atomic E-state index is 13.1. The number of nitrogens with zero attached hydrogens (tertiary/aromatic N) is 4. The van der Waals surface area contributed by atoms with E-state index >= 15 is 0 Å². The quantitative estimate of drug-likeness (QED) is 0.724. The van der Waals surface area contributed by atoms with E-state index in [-0.39, 0.29) is 44.0 Å². The highest BCUT2D eigenvalue weighted by atomic mass is 19.4. The monoisotopic (exact) mass is 402 g/mol. The van der Waals surface area contributed by atoms with E-state index < -0.39 is 23.7 Å². The summed E-state index contributed by atoms with van der Waals surface area (Å²) in [5.74, 6) is -1.78. The van der Waals surface area contributed by atoms with E-state index in [1.54, 1.807) is 31.7 Å². The zero-order valence-corrected chi connectivity index (χ0v) is 16.4. The Balaban J connectivity index is 2.27. The molecule has 1 aromatic heterocycles. The second-order valence-corrected chi connectivity index (χ2v) is 7.39. The van der Waals surface area contributed by atoms with Crippen molar-refractivity contribution in [2.45, 2.75) is 45.9 Å². The van der Waals surface area contributed by atoms with E-state index in [0.29, 0.717) is 0 Å². The van der Waals surface area contributed by atoms with Crippen molar-refractivity contribution in [3.8, 4) is 0 Å². The number of Topliss-reactive ketones (excluding diaryl/α,β-unsaturated/α-hetero) is 1. The van der Waals surface area contributed by atoms with Gasteiger partial charge in [0.15, 0.2) is 0 Å². The molecule has 2 rings (SSSR count). The molecule has 0 atom stereocenters. The van der Waals surface area contributed by atoms with Crippen LogP contribution in [0, 0.1) is 0 Å². The summed E-state index contributed by atoms with van der Waals surface area (Å²) >= 11 is 0. The van der Waals surface area contributed by atoms with Crippen LogP contribution in [0.3, 0.4) is 0 Å². The van der Waals surface area contributed by atoms with E-state index in [0.717, 1.165) is 0 Å². The van der Waals surface area contributed by atoms with Crippen molar-refractivity contribution in [1.82, 2.24) is 19.6 Å². The summed E-state index contributed by atoms with van der Waals surface area (Å²) < 4.78 is 45.8. The third kappa shape index (κ3) is 5.26. The molecule has 2 heterocycles. The molecule has 1 fully saturated rings. The average molecular weight is 402 g/mol. The van der Waals surface area contributed by atoms with Crippen LogP contribution in [-0.4, -0.2) is 69.4 Å². The van der Waals surface area contributed by atoms with Crippen LogP contribution < -0.4 is 0 Å². The topological polar surface area (TPSA) is 67.7 Å². The third-order valence-electron chi connectivity index (χ3n) is 4.11. The molecule has 156 valence electrons.